The van der Waals surface area contributed by atoms with Gasteiger partial charge in [-0.1, -0.05) is 27.7 Å². The van der Waals surface area contributed by atoms with Gasteiger partial charge in [0.25, 0.3) is 0 Å². The van der Waals surface area contributed by atoms with E-state index < -0.39 is 52.2 Å². The summed E-state index contributed by atoms with van der Waals surface area (Å²) in [7, 11) is 0. The van der Waals surface area contributed by atoms with Crippen LogP contribution in [-0.4, -0.2) is 40.1 Å². The van der Waals surface area contributed by atoms with Gasteiger partial charge in [-0.2, -0.15) is 0 Å². The Morgan fingerprint density at radius 2 is 1.83 bits per heavy atom. The molecule has 0 aromatic rings. The van der Waals surface area contributed by atoms with Crippen LogP contribution in [0.4, 0.5) is 0 Å². The Hall–Kier alpha value is -1.43. The smallest absolute Gasteiger partial charge is 0.309 e. The fourth-order valence-corrected chi connectivity index (χ4v) is 5.45. The van der Waals surface area contributed by atoms with Gasteiger partial charge < -0.3 is 19.7 Å². The molecule has 2 N–H and O–H groups in total. The number of aliphatic hydroxyl groups is 1. The summed E-state index contributed by atoms with van der Waals surface area (Å²) >= 11 is 0. The molecule has 0 aromatic heterocycles. The lowest BCUT2D eigenvalue weighted by molar-refractivity contribution is -0.214. The Kier molecular flexibility index (Phi) is 4.13. The van der Waals surface area contributed by atoms with Crippen LogP contribution >= 0.6 is 0 Å². The van der Waals surface area contributed by atoms with Crippen LogP contribution in [-0.2, 0) is 19.1 Å². The van der Waals surface area contributed by atoms with Crippen molar-refractivity contribution in [1.82, 2.24) is 0 Å². The largest absolute Gasteiger partial charge is 0.481 e. The van der Waals surface area contributed by atoms with Gasteiger partial charge in [0.2, 0.25) is 0 Å². The first-order valence-corrected chi connectivity index (χ1v) is 7.99. The van der Waals surface area contributed by atoms with Gasteiger partial charge in [-0.05, 0) is 24.2 Å². The van der Waals surface area contributed by atoms with Crippen molar-refractivity contribution in [1.29, 1.82) is 0 Å². The van der Waals surface area contributed by atoms with Crippen LogP contribution in [0.2, 0.25) is 0 Å². The first-order chi connectivity index (χ1) is 10.4. The minimum Gasteiger partial charge on any atom is -0.481 e. The molecule has 0 unspecified atom stereocenters. The fourth-order valence-electron chi connectivity index (χ4n) is 5.45. The molecule has 130 valence electrons. The molecule has 6 atom stereocenters. The summed E-state index contributed by atoms with van der Waals surface area (Å²) < 4.78 is 5.43. The molecule has 0 bridgehead atoms. The van der Waals surface area contributed by atoms with Crippen LogP contribution in [0.25, 0.3) is 0 Å². The van der Waals surface area contributed by atoms with Gasteiger partial charge >= 0.3 is 11.9 Å². The monoisotopic (exact) mass is 326 g/mol. The topological polar surface area (TPSA) is 101 Å². The van der Waals surface area contributed by atoms with E-state index in [-0.39, 0.29) is 0 Å². The van der Waals surface area contributed by atoms with Crippen molar-refractivity contribution < 1.29 is 29.3 Å². The zero-order valence-corrected chi connectivity index (χ0v) is 14.3. The van der Waals surface area contributed by atoms with E-state index in [1.165, 1.54) is 6.92 Å². The van der Waals surface area contributed by atoms with Crippen molar-refractivity contribution in [3.05, 3.63) is 0 Å². The summed E-state index contributed by atoms with van der Waals surface area (Å²) in [5.74, 6) is -3.67. The Morgan fingerprint density at radius 1 is 1.26 bits per heavy atom. The minimum absolute atomic E-state index is 0.346. The second-order valence-electron chi connectivity index (χ2n) is 8.18. The number of carboxylic acid groups (broad SMARTS) is 1. The average Bonchev–Trinajstić information content (AvgIpc) is 2.51. The molecule has 0 heterocycles. The van der Waals surface area contributed by atoms with Crippen molar-refractivity contribution in [2.75, 3.05) is 0 Å². The number of esters is 1. The summed E-state index contributed by atoms with van der Waals surface area (Å²) in [6.45, 7) is 8.42. The van der Waals surface area contributed by atoms with Crippen LogP contribution in [0, 0.1) is 28.6 Å². The van der Waals surface area contributed by atoms with Gasteiger partial charge in [0.15, 0.2) is 0 Å². The quantitative estimate of drug-likeness (QED) is 0.604. The summed E-state index contributed by atoms with van der Waals surface area (Å²) in [5, 5.41) is 21.2. The van der Waals surface area contributed by atoms with Crippen molar-refractivity contribution >= 4 is 18.2 Å². The summed E-state index contributed by atoms with van der Waals surface area (Å²) in [5.41, 5.74) is -3.47. The maximum atomic E-state index is 11.9. The van der Waals surface area contributed by atoms with E-state index in [9.17, 15) is 24.6 Å². The van der Waals surface area contributed by atoms with E-state index in [1.54, 1.807) is 13.8 Å². The summed E-state index contributed by atoms with van der Waals surface area (Å²) in [6.07, 6.45) is 0.786. The second-order valence-corrected chi connectivity index (χ2v) is 8.18. The molecule has 0 amide bonds. The van der Waals surface area contributed by atoms with Gasteiger partial charge in [-0.15, -0.1) is 0 Å². The maximum Gasteiger partial charge on any atom is 0.309 e. The molecule has 2 rings (SSSR count). The number of hydrogen-bond donors (Lipinski definition) is 2. The van der Waals surface area contributed by atoms with Gasteiger partial charge in [0.1, 0.15) is 12.4 Å². The van der Waals surface area contributed by atoms with E-state index in [4.69, 9.17) is 4.74 Å². The molecule has 0 aromatic carbocycles. The highest BCUT2D eigenvalue weighted by Crippen LogP contribution is 2.66. The molecule has 0 spiro atoms. The van der Waals surface area contributed by atoms with Crippen LogP contribution in [0.15, 0.2) is 0 Å². The van der Waals surface area contributed by atoms with Crippen molar-refractivity contribution in [3.8, 4) is 0 Å². The molecule has 0 radical (unpaired) electrons. The molecule has 6 heteroatoms. The highest BCUT2D eigenvalue weighted by atomic mass is 16.5. The number of ether oxygens (including phenoxy) is 1. The first-order valence-electron chi connectivity index (χ1n) is 7.99. The molecule has 6 nitrogen and oxygen atoms in total. The number of carbonyl (C=O) groups is 3. The van der Waals surface area contributed by atoms with Gasteiger partial charge in [-0.3, -0.25) is 9.59 Å². The lowest BCUT2D eigenvalue weighted by Crippen LogP contribution is -2.64. The second kappa shape index (κ2) is 5.30. The molecule has 2 saturated carbocycles. The highest BCUT2D eigenvalue weighted by Gasteiger charge is 2.73. The van der Waals surface area contributed by atoms with Gasteiger partial charge in [-0.25, -0.2) is 0 Å². The Labute approximate surface area is 136 Å². The fraction of sp³-hybridized carbons (Fsp3) is 0.824. The van der Waals surface area contributed by atoms with Crippen molar-refractivity contribution in [3.63, 3.8) is 0 Å². The molecule has 23 heavy (non-hydrogen) atoms. The third-order valence-electron chi connectivity index (χ3n) is 5.92. The average molecular weight is 326 g/mol. The predicted molar refractivity (Wildman–Crippen MR) is 81.5 cm³/mol. The van der Waals surface area contributed by atoms with Crippen LogP contribution < -0.4 is 0 Å². The lowest BCUT2D eigenvalue weighted by atomic mass is 9.55. The number of aliphatic carboxylic acids is 1. The molecule has 2 fully saturated rings. The van der Waals surface area contributed by atoms with Crippen LogP contribution in [0.5, 0.6) is 0 Å². The van der Waals surface area contributed by atoms with Crippen LogP contribution in [0.3, 0.4) is 0 Å². The normalized spacial score (nSPS) is 45.1. The zero-order valence-electron chi connectivity index (χ0n) is 14.3. The standard InChI is InChI=1S/C17H26O6/c1-9-6-11(23-10(2)19)13-15(3,4)7-16(5,8-18)17(13,22)12(9)14(20)21/h8-9,11-13,22H,6-7H2,1-5H3,(H,20,21)/t9-,11+,12-,13+,16-,17-/m1/s1. The van der Waals surface area contributed by atoms with Gasteiger partial charge in [0, 0.05) is 12.8 Å². The zero-order chi connectivity index (χ0) is 17.8. The predicted octanol–water partition coefficient (Wildman–Crippen LogP) is 1.64. The van der Waals surface area contributed by atoms with Crippen molar-refractivity contribution in [2.24, 2.45) is 28.6 Å². The van der Waals surface area contributed by atoms with E-state index in [0.717, 1.165) is 0 Å². The molecular weight excluding hydrogens is 300 g/mol. The number of aldehydes is 1. The van der Waals surface area contributed by atoms with Crippen molar-refractivity contribution in [2.45, 2.75) is 59.2 Å². The Morgan fingerprint density at radius 3 is 2.26 bits per heavy atom. The highest BCUT2D eigenvalue weighted by molar-refractivity contribution is 5.76. The number of carbonyl (C=O) groups excluding carboxylic acids is 2. The first kappa shape index (κ1) is 17.9. The summed E-state index contributed by atoms with van der Waals surface area (Å²) in [6, 6.07) is 0. The van der Waals surface area contributed by atoms with E-state index in [1.807, 2.05) is 13.8 Å². The van der Waals surface area contributed by atoms with Crippen LogP contribution in [0.1, 0.15) is 47.5 Å². The van der Waals surface area contributed by atoms with E-state index in [0.29, 0.717) is 19.1 Å². The summed E-state index contributed by atoms with van der Waals surface area (Å²) in [4.78, 5) is 35.2. The number of fused-ring (bicyclic) bond motifs is 1. The SMILES string of the molecule is CC(=O)O[C@H]1C[C@@H](C)[C@H](C(=O)O)[C@@]2(O)[C@@H]1C(C)(C)C[C@]2(C)C=O. The minimum atomic E-state index is -1.75. The number of rotatable bonds is 3. The van der Waals surface area contributed by atoms with E-state index >= 15 is 0 Å². The third kappa shape index (κ3) is 2.38. The third-order valence-corrected chi connectivity index (χ3v) is 5.92. The molecule has 0 aliphatic heterocycles. The molecule has 2 aliphatic rings. The Balaban J connectivity index is 2.65. The van der Waals surface area contributed by atoms with Gasteiger partial charge in [0.05, 0.1) is 16.9 Å². The van der Waals surface area contributed by atoms with E-state index in [2.05, 4.69) is 0 Å². The lowest BCUT2D eigenvalue weighted by Gasteiger charge is -2.53. The maximum absolute atomic E-state index is 11.9. The molecule has 2 aliphatic carbocycles. The number of hydrogen-bond acceptors (Lipinski definition) is 5. The Bertz CT molecular complexity index is 541. The molecule has 0 saturated heterocycles. The molecular formula is C17H26O6. The number of carboxylic acids is 1.